The molecule has 0 aliphatic heterocycles. The molecule has 0 saturated heterocycles. The van der Waals surface area contributed by atoms with Crippen molar-refractivity contribution in [2.24, 2.45) is 0 Å². The Morgan fingerprint density at radius 2 is 1.96 bits per heavy atom. The van der Waals surface area contributed by atoms with Crippen LogP contribution in [0.2, 0.25) is 0 Å². The molecule has 23 heavy (non-hydrogen) atoms. The molecule has 0 aliphatic rings. The van der Waals surface area contributed by atoms with E-state index >= 15 is 0 Å². The van der Waals surface area contributed by atoms with Gasteiger partial charge in [0.2, 0.25) is 0 Å². The van der Waals surface area contributed by atoms with Crippen molar-refractivity contribution in [3.63, 3.8) is 0 Å². The Hall–Kier alpha value is -3.01. The zero-order valence-electron chi connectivity index (χ0n) is 12.7. The van der Waals surface area contributed by atoms with Crippen molar-refractivity contribution in [1.29, 1.82) is 0 Å². The van der Waals surface area contributed by atoms with Gasteiger partial charge in [0, 0.05) is 40.8 Å². The van der Waals surface area contributed by atoms with Crippen LogP contribution in [0, 0.1) is 0 Å². The Morgan fingerprint density at radius 3 is 2.83 bits per heavy atom. The standard InChI is InChI=1S/C19H16N2O2/c1-2-21-10-9-13-11-14(7-8-17(13)21)20-16-12-19(22)23-18-6-4-3-5-15(16)18/h3-12,20H,2H2,1H3. The van der Waals surface area contributed by atoms with Crippen LogP contribution in [0.3, 0.4) is 0 Å². The van der Waals surface area contributed by atoms with Crippen molar-refractivity contribution >= 4 is 33.2 Å². The smallest absolute Gasteiger partial charge is 0.338 e. The minimum absolute atomic E-state index is 0.357. The fourth-order valence-electron chi connectivity index (χ4n) is 2.92. The fourth-order valence-corrected chi connectivity index (χ4v) is 2.92. The molecule has 4 heteroatoms. The molecule has 0 saturated carbocycles. The highest BCUT2D eigenvalue weighted by Gasteiger charge is 2.06. The van der Waals surface area contributed by atoms with E-state index in [9.17, 15) is 4.79 Å². The zero-order chi connectivity index (χ0) is 15.8. The van der Waals surface area contributed by atoms with Gasteiger partial charge in [0.05, 0.1) is 5.69 Å². The molecule has 4 nitrogen and oxygen atoms in total. The predicted octanol–water partition coefficient (Wildman–Crippen LogP) is 4.51. The van der Waals surface area contributed by atoms with Crippen molar-refractivity contribution in [2.45, 2.75) is 13.5 Å². The van der Waals surface area contributed by atoms with Crippen molar-refractivity contribution in [1.82, 2.24) is 4.57 Å². The molecule has 4 aromatic rings. The van der Waals surface area contributed by atoms with Crippen LogP contribution in [-0.4, -0.2) is 4.57 Å². The van der Waals surface area contributed by atoms with Gasteiger partial charge < -0.3 is 14.3 Å². The first-order valence-corrected chi connectivity index (χ1v) is 7.63. The van der Waals surface area contributed by atoms with E-state index in [-0.39, 0.29) is 5.63 Å². The van der Waals surface area contributed by atoms with E-state index in [1.807, 2.05) is 24.3 Å². The van der Waals surface area contributed by atoms with Gasteiger partial charge in [-0.2, -0.15) is 0 Å². The summed E-state index contributed by atoms with van der Waals surface area (Å²) in [5.74, 6) is 0. The van der Waals surface area contributed by atoms with Crippen molar-refractivity contribution in [3.05, 3.63) is 71.2 Å². The Balaban J connectivity index is 1.80. The van der Waals surface area contributed by atoms with Gasteiger partial charge in [0.1, 0.15) is 5.58 Å². The van der Waals surface area contributed by atoms with E-state index in [1.165, 1.54) is 17.0 Å². The van der Waals surface area contributed by atoms with Gasteiger partial charge in [-0.05, 0) is 43.3 Å². The number of para-hydroxylation sites is 1. The van der Waals surface area contributed by atoms with E-state index < -0.39 is 0 Å². The number of anilines is 2. The topological polar surface area (TPSA) is 47.2 Å². The average Bonchev–Trinajstić information content (AvgIpc) is 2.97. The fraction of sp³-hybridized carbons (Fsp3) is 0.105. The molecule has 114 valence electrons. The normalized spacial score (nSPS) is 11.2. The Morgan fingerprint density at radius 1 is 1.09 bits per heavy atom. The van der Waals surface area contributed by atoms with Crippen LogP contribution in [-0.2, 0) is 6.54 Å². The number of nitrogens with zero attached hydrogens (tertiary/aromatic N) is 1. The number of nitrogens with one attached hydrogen (secondary N) is 1. The lowest BCUT2D eigenvalue weighted by atomic mass is 10.2. The highest BCUT2D eigenvalue weighted by molar-refractivity contribution is 5.93. The van der Waals surface area contributed by atoms with Crippen LogP contribution in [0.5, 0.6) is 0 Å². The lowest BCUT2D eigenvalue weighted by molar-refractivity contribution is 0.561. The molecule has 0 unspecified atom stereocenters. The number of benzene rings is 2. The lowest BCUT2D eigenvalue weighted by Gasteiger charge is -2.09. The van der Waals surface area contributed by atoms with Crippen LogP contribution >= 0.6 is 0 Å². The SMILES string of the molecule is CCn1ccc2cc(Nc3cc(=O)oc4ccccc34)ccc21. The number of hydrogen-bond acceptors (Lipinski definition) is 3. The Bertz CT molecular complexity index is 1060. The summed E-state index contributed by atoms with van der Waals surface area (Å²) < 4.78 is 7.43. The third-order valence-electron chi connectivity index (χ3n) is 4.04. The van der Waals surface area contributed by atoms with Gasteiger partial charge in [0.25, 0.3) is 0 Å². The number of hydrogen-bond donors (Lipinski definition) is 1. The number of aromatic nitrogens is 1. The minimum atomic E-state index is -0.357. The molecule has 2 aromatic carbocycles. The summed E-state index contributed by atoms with van der Waals surface area (Å²) in [5, 5.41) is 5.40. The van der Waals surface area contributed by atoms with E-state index in [4.69, 9.17) is 4.42 Å². The Labute approximate surface area is 133 Å². The lowest BCUT2D eigenvalue weighted by Crippen LogP contribution is -2.01. The summed E-state index contributed by atoms with van der Waals surface area (Å²) in [5.41, 5.74) is 3.13. The first-order chi connectivity index (χ1) is 11.2. The van der Waals surface area contributed by atoms with Gasteiger partial charge in [-0.3, -0.25) is 0 Å². The second-order valence-electron chi connectivity index (χ2n) is 5.48. The van der Waals surface area contributed by atoms with Gasteiger partial charge >= 0.3 is 5.63 Å². The molecule has 2 aromatic heterocycles. The average molecular weight is 304 g/mol. The molecule has 0 atom stereocenters. The van der Waals surface area contributed by atoms with E-state index in [0.717, 1.165) is 23.3 Å². The maximum absolute atomic E-state index is 11.7. The van der Waals surface area contributed by atoms with Crippen molar-refractivity contribution in [3.8, 4) is 0 Å². The molecule has 0 fully saturated rings. The minimum Gasteiger partial charge on any atom is -0.423 e. The van der Waals surface area contributed by atoms with Crippen LogP contribution in [0.4, 0.5) is 11.4 Å². The second-order valence-corrected chi connectivity index (χ2v) is 5.48. The molecule has 0 spiro atoms. The summed E-state index contributed by atoms with van der Waals surface area (Å²) in [4.78, 5) is 11.7. The quantitative estimate of drug-likeness (QED) is 0.566. The summed E-state index contributed by atoms with van der Waals surface area (Å²) in [6, 6.07) is 17.3. The number of fused-ring (bicyclic) bond motifs is 2. The first kappa shape index (κ1) is 13.6. The monoisotopic (exact) mass is 304 g/mol. The number of aryl methyl sites for hydroxylation is 1. The van der Waals surface area contributed by atoms with Gasteiger partial charge in [-0.25, -0.2) is 4.79 Å². The van der Waals surface area contributed by atoms with E-state index in [0.29, 0.717) is 5.58 Å². The van der Waals surface area contributed by atoms with Gasteiger partial charge in [-0.15, -0.1) is 0 Å². The highest BCUT2D eigenvalue weighted by atomic mass is 16.4. The largest absolute Gasteiger partial charge is 0.423 e. The molecule has 1 N–H and O–H groups in total. The highest BCUT2D eigenvalue weighted by Crippen LogP contribution is 2.27. The van der Waals surface area contributed by atoms with Crippen molar-refractivity contribution in [2.75, 3.05) is 5.32 Å². The molecule has 2 heterocycles. The van der Waals surface area contributed by atoms with Crippen LogP contribution in [0.15, 0.2) is 70.0 Å². The van der Waals surface area contributed by atoms with E-state index in [1.54, 1.807) is 6.07 Å². The maximum atomic E-state index is 11.7. The van der Waals surface area contributed by atoms with E-state index in [2.05, 4.69) is 41.2 Å². The van der Waals surface area contributed by atoms with Crippen LogP contribution in [0.1, 0.15) is 6.92 Å². The van der Waals surface area contributed by atoms with Gasteiger partial charge in [0.15, 0.2) is 0 Å². The molecular weight excluding hydrogens is 288 g/mol. The predicted molar refractivity (Wildman–Crippen MR) is 93.4 cm³/mol. The molecule has 0 aliphatic carbocycles. The summed E-state index contributed by atoms with van der Waals surface area (Å²) in [7, 11) is 0. The molecule has 4 rings (SSSR count). The second kappa shape index (κ2) is 5.32. The van der Waals surface area contributed by atoms with Crippen molar-refractivity contribution < 1.29 is 4.42 Å². The molecular formula is C19H16N2O2. The molecule has 0 amide bonds. The van der Waals surface area contributed by atoms with Gasteiger partial charge in [-0.1, -0.05) is 12.1 Å². The summed E-state index contributed by atoms with van der Waals surface area (Å²) >= 11 is 0. The summed E-state index contributed by atoms with van der Waals surface area (Å²) in [6.45, 7) is 3.07. The Kier molecular flexibility index (Phi) is 3.15. The zero-order valence-corrected chi connectivity index (χ0v) is 12.7. The molecule has 0 radical (unpaired) electrons. The number of rotatable bonds is 3. The third-order valence-corrected chi connectivity index (χ3v) is 4.04. The third kappa shape index (κ3) is 2.38. The van der Waals surface area contributed by atoms with Crippen LogP contribution in [0.25, 0.3) is 21.9 Å². The van der Waals surface area contributed by atoms with Crippen LogP contribution < -0.4 is 10.9 Å². The summed E-state index contributed by atoms with van der Waals surface area (Å²) in [6.07, 6.45) is 2.08. The maximum Gasteiger partial charge on any atom is 0.338 e. The first-order valence-electron chi connectivity index (χ1n) is 7.63. The molecule has 0 bridgehead atoms.